The summed E-state index contributed by atoms with van der Waals surface area (Å²) in [6, 6.07) is 53.8. The molecule has 0 aliphatic rings. The number of nitrogens with zero attached hydrogens (tertiary/aromatic N) is 3. The number of benzene rings is 8. The van der Waals surface area contributed by atoms with Crippen LogP contribution in [0.5, 0.6) is 0 Å². The van der Waals surface area contributed by atoms with Crippen molar-refractivity contribution >= 4 is 108 Å². The summed E-state index contributed by atoms with van der Waals surface area (Å²) in [7, 11) is 0. The minimum absolute atomic E-state index is 0.577. The van der Waals surface area contributed by atoms with Crippen LogP contribution in [0.1, 0.15) is 0 Å². The van der Waals surface area contributed by atoms with Crippen molar-refractivity contribution in [3.8, 4) is 17.2 Å². The predicted molar refractivity (Wildman–Crippen MR) is 214 cm³/mol. The number of hydrogen-bond donors (Lipinski definition) is 0. The van der Waals surface area contributed by atoms with Crippen molar-refractivity contribution in [2.24, 2.45) is 0 Å². The zero-order valence-electron chi connectivity index (χ0n) is 27.1. The maximum absolute atomic E-state index is 6.94. The van der Waals surface area contributed by atoms with Gasteiger partial charge in [-0.25, -0.2) is 4.98 Å². The molecule has 0 amide bonds. The Bertz CT molecular complexity index is 3430. The van der Waals surface area contributed by atoms with Crippen LogP contribution in [0.25, 0.3) is 114 Å². The van der Waals surface area contributed by atoms with Crippen molar-refractivity contribution in [3.63, 3.8) is 0 Å². The maximum atomic E-state index is 6.94. The number of fused-ring (bicyclic) bond motifs is 18. The highest BCUT2D eigenvalue weighted by atomic mass is 32.1. The lowest BCUT2D eigenvalue weighted by molar-refractivity contribution is 0.655. The van der Waals surface area contributed by atoms with Gasteiger partial charge in [-0.05, 0) is 28.3 Å². The Hall–Kier alpha value is -6.56. The van der Waals surface area contributed by atoms with Crippen molar-refractivity contribution in [1.82, 2.24) is 14.5 Å². The van der Waals surface area contributed by atoms with Crippen LogP contribution >= 0.6 is 11.3 Å². The summed E-state index contributed by atoms with van der Waals surface area (Å²) in [6.45, 7) is 0. The normalized spacial score (nSPS) is 12.3. The molecule has 0 aliphatic carbocycles. The van der Waals surface area contributed by atoms with E-state index in [0.29, 0.717) is 11.7 Å². The Morgan fingerprint density at radius 3 is 1.86 bits per heavy atom. The molecule has 0 unspecified atom stereocenters. The molecular weight excluding hydrogens is 643 g/mol. The van der Waals surface area contributed by atoms with Crippen LogP contribution in [0.4, 0.5) is 0 Å². The average Bonchev–Trinajstić information content (AvgIpc) is 3.89. The smallest absolute Gasteiger partial charge is 0.238 e. The second-order valence-corrected chi connectivity index (χ2v) is 14.3. The molecule has 8 aromatic carbocycles. The zero-order chi connectivity index (χ0) is 33.2. The molecule has 0 bridgehead atoms. The molecule has 5 heteroatoms. The first kappa shape index (κ1) is 27.3. The van der Waals surface area contributed by atoms with Gasteiger partial charge < -0.3 is 4.42 Å². The molecule has 236 valence electrons. The van der Waals surface area contributed by atoms with Gasteiger partial charge in [0, 0.05) is 58.1 Å². The molecule has 0 aliphatic heterocycles. The van der Waals surface area contributed by atoms with Gasteiger partial charge in [-0.2, -0.15) is 4.98 Å². The molecule has 0 fully saturated rings. The van der Waals surface area contributed by atoms with Crippen LogP contribution < -0.4 is 0 Å². The van der Waals surface area contributed by atoms with Gasteiger partial charge in [0.1, 0.15) is 5.58 Å². The molecule has 0 radical (unpaired) electrons. The number of rotatable bonds is 2. The van der Waals surface area contributed by atoms with Crippen LogP contribution in [0, 0.1) is 0 Å². The summed E-state index contributed by atoms with van der Waals surface area (Å²) < 4.78 is 11.8. The van der Waals surface area contributed by atoms with E-state index in [2.05, 4.69) is 156 Å². The van der Waals surface area contributed by atoms with Crippen molar-refractivity contribution in [1.29, 1.82) is 0 Å². The van der Waals surface area contributed by atoms with Crippen molar-refractivity contribution < 1.29 is 4.42 Å². The lowest BCUT2D eigenvalue weighted by Crippen LogP contribution is -2.03. The number of furan rings is 1. The minimum atomic E-state index is 0.577. The Balaban J connectivity index is 1.32. The largest absolute Gasteiger partial charge is 0.437 e. The summed E-state index contributed by atoms with van der Waals surface area (Å²) >= 11 is 1.87. The van der Waals surface area contributed by atoms with Crippen LogP contribution in [0.3, 0.4) is 0 Å². The van der Waals surface area contributed by atoms with Gasteiger partial charge in [0.05, 0.1) is 22.1 Å². The van der Waals surface area contributed by atoms with Gasteiger partial charge in [0.2, 0.25) is 11.7 Å². The Labute approximate surface area is 294 Å². The number of thiophene rings is 1. The van der Waals surface area contributed by atoms with E-state index in [0.717, 1.165) is 54.8 Å². The van der Waals surface area contributed by atoms with Crippen LogP contribution in [0.2, 0.25) is 0 Å². The van der Waals surface area contributed by atoms with Gasteiger partial charge in [-0.3, -0.25) is 4.57 Å². The van der Waals surface area contributed by atoms with Gasteiger partial charge in [0.15, 0.2) is 0 Å². The average molecular weight is 668 g/mol. The molecule has 51 heavy (non-hydrogen) atoms. The highest BCUT2D eigenvalue weighted by molar-refractivity contribution is 7.27. The highest BCUT2D eigenvalue weighted by Crippen LogP contribution is 2.49. The second kappa shape index (κ2) is 10.0. The van der Waals surface area contributed by atoms with Crippen LogP contribution in [-0.4, -0.2) is 14.5 Å². The summed E-state index contributed by atoms with van der Waals surface area (Å²) in [5.74, 6) is 0.587. The van der Waals surface area contributed by atoms with Crippen molar-refractivity contribution in [2.75, 3.05) is 0 Å². The van der Waals surface area contributed by atoms with Crippen LogP contribution in [-0.2, 0) is 0 Å². The lowest BCUT2D eigenvalue weighted by Gasteiger charge is -2.12. The molecule has 12 rings (SSSR count). The third-order valence-electron chi connectivity index (χ3n) is 10.6. The summed E-state index contributed by atoms with van der Waals surface area (Å²) in [4.78, 5) is 10.9. The molecule has 0 saturated heterocycles. The van der Waals surface area contributed by atoms with Gasteiger partial charge >= 0.3 is 0 Å². The topological polar surface area (TPSA) is 43.9 Å². The van der Waals surface area contributed by atoms with Crippen molar-refractivity contribution in [3.05, 3.63) is 152 Å². The summed E-state index contributed by atoms with van der Waals surface area (Å²) in [5.41, 5.74) is 5.45. The standard InChI is InChI=1S/C46H25N3OS/c1-2-14-26(15-3-1)41-40-38-29-18-6-4-16-27(29)28-17-5-8-20-31(28)43(38)50-45(40)48-46(47-41)49-35-24-12-10-22-33(35)37-39-34-23-11-13-25-36(34)51-44(39)32-21-9-7-19-30(32)42(37)49/h1-25H. The Kier molecular flexibility index (Phi) is 5.35. The lowest BCUT2D eigenvalue weighted by atomic mass is 9.96. The molecule has 0 atom stereocenters. The first-order valence-corrected chi connectivity index (χ1v) is 18.0. The molecule has 0 spiro atoms. The molecule has 0 saturated carbocycles. The Morgan fingerprint density at radius 1 is 0.451 bits per heavy atom. The van der Waals surface area contributed by atoms with Crippen molar-refractivity contribution in [2.45, 2.75) is 0 Å². The van der Waals surface area contributed by atoms with E-state index in [1.54, 1.807) is 0 Å². The molecule has 12 aromatic rings. The molecule has 4 heterocycles. The number of aromatic nitrogens is 3. The SMILES string of the molecule is c1ccc(-c2nc(-n3c4ccccc4c4c5c6ccccc6sc5c5ccccc5c43)nc3oc4c5ccccc5c5ccccc5c4c23)cc1. The van der Waals surface area contributed by atoms with E-state index in [1.165, 1.54) is 47.1 Å². The first-order valence-electron chi connectivity index (χ1n) is 17.2. The maximum Gasteiger partial charge on any atom is 0.238 e. The zero-order valence-corrected chi connectivity index (χ0v) is 27.9. The van der Waals surface area contributed by atoms with E-state index in [9.17, 15) is 0 Å². The quantitative estimate of drug-likeness (QED) is 0.172. The third kappa shape index (κ3) is 3.58. The molecule has 4 aromatic heterocycles. The van der Waals surface area contributed by atoms with Gasteiger partial charge in [0.25, 0.3) is 0 Å². The molecule has 0 N–H and O–H groups in total. The van der Waals surface area contributed by atoms with Gasteiger partial charge in [-0.1, -0.05) is 140 Å². The first-order chi connectivity index (χ1) is 25.3. The van der Waals surface area contributed by atoms with Crippen LogP contribution in [0.15, 0.2) is 156 Å². The molecular formula is C46H25N3OS. The van der Waals surface area contributed by atoms with E-state index in [4.69, 9.17) is 14.4 Å². The molecule has 4 nitrogen and oxygen atoms in total. The van der Waals surface area contributed by atoms with E-state index < -0.39 is 0 Å². The fourth-order valence-corrected chi connectivity index (χ4v) is 9.77. The fourth-order valence-electron chi connectivity index (χ4n) is 8.52. The second-order valence-electron chi connectivity index (χ2n) is 13.2. The van der Waals surface area contributed by atoms with E-state index in [1.807, 2.05) is 11.3 Å². The third-order valence-corrected chi connectivity index (χ3v) is 11.8. The summed E-state index contributed by atoms with van der Waals surface area (Å²) in [6.07, 6.45) is 0. The summed E-state index contributed by atoms with van der Waals surface area (Å²) in [5, 5.41) is 13.9. The highest BCUT2D eigenvalue weighted by Gasteiger charge is 2.26. The van der Waals surface area contributed by atoms with E-state index >= 15 is 0 Å². The monoisotopic (exact) mass is 667 g/mol. The number of hydrogen-bond acceptors (Lipinski definition) is 4. The fraction of sp³-hybridized carbons (Fsp3) is 0. The minimum Gasteiger partial charge on any atom is -0.437 e. The Morgan fingerprint density at radius 2 is 1.06 bits per heavy atom. The predicted octanol–water partition coefficient (Wildman–Crippen LogP) is 13.0. The van der Waals surface area contributed by atoms with E-state index in [-0.39, 0.29) is 0 Å². The number of para-hydroxylation sites is 1. The van der Waals surface area contributed by atoms with Gasteiger partial charge in [-0.15, -0.1) is 11.3 Å².